The van der Waals surface area contributed by atoms with Crippen LogP contribution in [0.15, 0.2) is 60.8 Å². The molecule has 20 heavy (non-hydrogen) atoms. The molecule has 100 valence electrons. The zero-order valence-corrected chi connectivity index (χ0v) is 12.2. The molecule has 0 saturated carbocycles. The van der Waals surface area contributed by atoms with Crippen molar-refractivity contribution in [2.75, 3.05) is 0 Å². The van der Waals surface area contributed by atoms with Crippen molar-refractivity contribution in [3.8, 4) is 16.9 Å². The summed E-state index contributed by atoms with van der Waals surface area (Å²) in [6.45, 7) is 0.480. The number of hydrogen-bond donors (Lipinski definition) is 0. The van der Waals surface area contributed by atoms with Crippen molar-refractivity contribution in [3.63, 3.8) is 0 Å². The van der Waals surface area contributed by atoms with Crippen LogP contribution >= 0.6 is 22.9 Å². The van der Waals surface area contributed by atoms with Crippen LogP contribution in [0.3, 0.4) is 0 Å². The predicted molar refractivity (Wildman–Crippen MR) is 83.3 cm³/mol. The fraction of sp³-hybridized carbons (Fsp3) is 0.0625. The Morgan fingerprint density at radius 1 is 1.00 bits per heavy atom. The summed E-state index contributed by atoms with van der Waals surface area (Å²) in [6.07, 6.45) is 1.75. The van der Waals surface area contributed by atoms with Gasteiger partial charge in [-0.1, -0.05) is 60.1 Å². The van der Waals surface area contributed by atoms with Crippen molar-refractivity contribution in [2.24, 2.45) is 0 Å². The zero-order chi connectivity index (χ0) is 13.8. The smallest absolute Gasteiger partial charge is 0.183 e. The Labute approximate surface area is 126 Å². The van der Waals surface area contributed by atoms with Gasteiger partial charge in [-0.3, -0.25) is 0 Å². The summed E-state index contributed by atoms with van der Waals surface area (Å²) in [6, 6.07) is 18.2. The molecule has 4 heteroatoms. The van der Waals surface area contributed by atoms with Gasteiger partial charge in [-0.2, -0.15) is 0 Å². The van der Waals surface area contributed by atoms with Gasteiger partial charge in [0, 0.05) is 11.8 Å². The van der Waals surface area contributed by atoms with Gasteiger partial charge in [-0.25, -0.2) is 4.98 Å². The molecule has 0 spiro atoms. The van der Waals surface area contributed by atoms with Gasteiger partial charge in [-0.15, -0.1) is 11.3 Å². The molecule has 0 N–H and O–H groups in total. The average molecular weight is 302 g/mol. The third-order valence-electron chi connectivity index (χ3n) is 2.87. The summed E-state index contributed by atoms with van der Waals surface area (Å²) in [5, 5.41) is 0. The Balaban J connectivity index is 1.83. The highest BCUT2D eigenvalue weighted by molar-refractivity contribution is 7.15. The minimum absolute atomic E-state index is 0.480. The number of rotatable bonds is 4. The quantitative estimate of drug-likeness (QED) is 0.673. The van der Waals surface area contributed by atoms with E-state index in [4.69, 9.17) is 16.3 Å². The topological polar surface area (TPSA) is 22.1 Å². The molecule has 0 amide bonds. The molecule has 0 atom stereocenters. The molecule has 3 rings (SSSR count). The first-order chi connectivity index (χ1) is 9.83. The minimum Gasteiger partial charge on any atom is -0.487 e. The van der Waals surface area contributed by atoms with Gasteiger partial charge in [0.2, 0.25) is 0 Å². The summed E-state index contributed by atoms with van der Waals surface area (Å²) in [5.41, 5.74) is 2.23. The Kier molecular flexibility index (Phi) is 4.00. The van der Waals surface area contributed by atoms with Crippen LogP contribution in [0.25, 0.3) is 11.1 Å². The molecule has 2 nitrogen and oxygen atoms in total. The molecule has 0 aliphatic rings. The van der Waals surface area contributed by atoms with E-state index in [0.717, 1.165) is 21.8 Å². The van der Waals surface area contributed by atoms with Gasteiger partial charge in [0.1, 0.15) is 12.4 Å². The van der Waals surface area contributed by atoms with Gasteiger partial charge < -0.3 is 4.74 Å². The fourth-order valence-corrected chi connectivity index (χ4v) is 2.84. The molecule has 0 bridgehead atoms. The number of hydrogen-bond acceptors (Lipinski definition) is 3. The molecule has 2 aromatic carbocycles. The first-order valence-corrected chi connectivity index (χ1v) is 7.40. The van der Waals surface area contributed by atoms with Gasteiger partial charge in [0.05, 0.1) is 4.88 Å². The molecule has 1 aromatic heterocycles. The van der Waals surface area contributed by atoms with E-state index >= 15 is 0 Å². The van der Waals surface area contributed by atoms with Crippen LogP contribution in [0.2, 0.25) is 4.47 Å². The third-order valence-corrected chi connectivity index (χ3v) is 3.96. The molecule has 0 aliphatic carbocycles. The van der Waals surface area contributed by atoms with Crippen LogP contribution in [-0.2, 0) is 6.61 Å². The van der Waals surface area contributed by atoms with Crippen LogP contribution in [0, 0.1) is 0 Å². The third kappa shape index (κ3) is 3.00. The van der Waals surface area contributed by atoms with E-state index in [1.807, 2.05) is 36.4 Å². The summed E-state index contributed by atoms with van der Waals surface area (Å²) in [5.74, 6) is 0.864. The number of para-hydroxylation sites is 1. The molecule has 0 saturated heterocycles. The van der Waals surface area contributed by atoms with Crippen LogP contribution in [0.4, 0.5) is 0 Å². The van der Waals surface area contributed by atoms with E-state index < -0.39 is 0 Å². The minimum atomic E-state index is 0.480. The lowest BCUT2D eigenvalue weighted by atomic mass is 10.1. The number of halogens is 1. The number of ether oxygens (including phenoxy) is 1. The van der Waals surface area contributed by atoms with E-state index in [1.54, 1.807) is 6.20 Å². The Morgan fingerprint density at radius 3 is 2.50 bits per heavy atom. The number of benzene rings is 2. The maximum Gasteiger partial charge on any atom is 0.183 e. The summed E-state index contributed by atoms with van der Waals surface area (Å²) < 4.78 is 6.44. The van der Waals surface area contributed by atoms with Crippen LogP contribution in [0.1, 0.15) is 4.88 Å². The van der Waals surface area contributed by atoms with Crippen molar-refractivity contribution in [1.29, 1.82) is 0 Å². The molecule has 0 unspecified atom stereocenters. The second-order valence-electron chi connectivity index (χ2n) is 4.23. The second kappa shape index (κ2) is 6.07. The van der Waals surface area contributed by atoms with E-state index in [1.165, 1.54) is 11.3 Å². The number of thiazole rings is 1. The summed E-state index contributed by atoms with van der Waals surface area (Å²) >= 11 is 7.26. The van der Waals surface area contributed by atoms with E-state index in [2.05, 4.69) is 23.2 Å². The highest BCUT2D eigenvalue weighted by atomic mass is 35.5. The van der Waals surface area contributed by atoms with Crippen LogP contribution < -0.4 is 4.74 Å². The summed E-state index contributed by atoms with van der Waals surface area (Å²) in [7, 11) is 0. The lowest BCUT2D eigenvalue weighted by Gasteiger charge is -2.10. The Morgan fingerprint density at radius 2 is 1.75 bits per heavy atom. The van der Waals surface area contributed by atoms with Gasteiger partial charge >= 0.3 is 0 Å². The lowest BCUT2D eigenvalue weighted by molar-refractivity contribution is 0.311. The largest absolute Gasteiger partial charge is 0.487 e. The van der Waals surface area contributed by atoms with Crippen LogP contribution in [0.5, 0.6) is 5.75 Å². The van der Waals surface area contributed by atoms with Crippen LogP contribution in [-0.4, -0.2) is 4.98 Å². The maximum absolute atomic E-state index is 5.90. The van der Waals surface area contributed by atoms with Crippen molar-refractivity contribution >= 4 is 22.9 Å². The zero-order valence-electron chi connectivity index (χ0n) is 10.6. The van der Waals surface area contributed by atoms with Crippen molar-refractivity contribution in [1.82, 2.24) is 4.98 Å². The van der Waals surface area contributed by atoms with E-state index in [-0.39, 0.29) is 0 Å². The Bertz CT molecular complexity index is 696. The first-order valence-electron chi connectivity index (χ1n) is 6.20. The maximum atomic E-state index is 5.90. The van der Waals surface area contributed by atoms with E-state index in [9.17, 15) is 0 Å². The second-order valence-corrected chi connectivity index (χ2v) is 5.93. The van der Waals surface area contributed by atoms with Crippen molar-refractivity contribution < 1.29 is 4.74 Å². The van der Waals surface area contributed by atoms with E-state index in [0.29, 0.717) is 11.1 Å². The van der Waals surface area contributed by atoms with Gasteiger partial charge in [-0.05, 0) is 11.6 Å². The molecule has 3 aromatic rings. The summed E-state index contributed by atoms with van der Waals surface area (Å²) in [4.78, 5) is 5.03. The molecule has 0 radical (unpaired) electrons. The molecule has 0 fully saturated rings. The molecule has 0 aliphatic heterocycles. The molecular weight excluding hydrogens is 290 g/mol. The first kappa shape index (κ1) is 13.2. The number of nitrogens with zero attached hydrogens (tertiary/aromatic N) is 1. The number of aromatic nitrogens is 1. The highest BCUT2D eigenvalue weighted by Gasteiger charge is 2.06. The standard InChI is InChI=1S/C16H12ClNOS/c17-16-18-10-13(20-16)11-19-15-9-5-4-8-14(15)12-6-2-1-3-7-12/h1-10H,11H2. The van der Waals surface area contributed by atoms with Crippen molar-refractivity contribution in [3.05, 3.63) is 70.1 Å². The molecular formula is C16H12ClNOS. The average Bonchev–Trinajstić information content (AvgIpc) is 2.92. The monoisotopic (exact) mass is 301 g/mol. The highest BCUT2D eigenvalue weighted by Crippen LogP contribution is 2.30. The Hall–Kier alpha value is -1.84. The fourth-order valence-electron chi connectivity index (χ4n) is 1.95. The normalized spacial score (nSPS) is 10.4. The molecule has 1 heterocycles. The predicted octanol–water partition coefficient (Wildman–Crippen LogP) is 5.04. The van der Waals surface area contributed by atoms with Gasteiger partial charge in [0.25, 0.3) is 0 Å². The SMILES string of the molecule is Clc1ncc(COc2ccccc2-c2ccccc2)s1. The lowest BCUT2D eigenvalue weighted by Crippen LogP contribution is -1.94. The van der Waals surface area contributed by atoms with Gasteiger partial charge in [0.15, 0.2) is 4.47 Å². The van der Waals surface area contributed by atoms with Crippen molar-refractivity contribution in [2.45, 2.75) is 6.61 Å².